The Morgan fingerprint density at radius 2 is 2.00 bits per heavy atom. The maximum Gasteiger partial charge on any atom is 0.270 e. The molecule has 0 atom stereocenters. The zero-order valence-electron chi connectivity index (χ0n) is 12.3. The fourth-order valence-electron chi connectivity index (χ4n) is 1.97. The van der Waals surface area contributed by atoms with Crippen molar-refractivity contribution < 1.29 is 14.2 Å². The zero-order valence-corrected chi connectivity index (χ0v) is 12.3. The average Bonchev–Trinajstić information content (AvgIpc) is 3.03. The highest BCUT2D eigenvalue weighted by atomic mass is 16.6. The number of aromatic nitrogens is 2. The van der Waals surface area contributed by atoms with Crippen molar-refractivity contribution in [1.82, 2.24) is 10.1 Å². The van der Waals surface area contributed by atoms with Crippen molar-refractivity contribution in [1.29, 1.82) is 0 Å². The van der Waals surface area contributed by atoms with Crippen molar-refractivity contribution in [3.05, 3.63) is 70.1 Å². The van der Waals surface area contributed by atoms with Crippen LogP contribution in [-0.2, 0) is 6.61 Å². The van der Waals surface area contributed by atoms with Gasteiger partial charge in [0.15, 0.2) is 6.61 Å². The monoisotopic (exact) mass is 311 g/mol. The summed E-state index contributed by atoms with van der Waals surface area (Å²) in [5.74, 6) is 1.29. The zero-order chi connectivity index (χ0) is 16.2. The Morgan fingerprint density at radius 3 is 2.74 bits per heavy atom. The molecular weight excluding hydrogens is 298 g/mol. The standard InChI is InChI=1S/C16H13N3O4/c1-11-5-7-14(8-6-11)22-10-15-17-16(18-23-15)12-3-2-4-13(9-12)19(20)21/h2-9H,10H2,1H3. The third kappa shape index (κ3) is 3.52. The number of ether oxygens (including phenoxy) is 1. The fourth-order valence-corrected chi connectivity index (χ4v) is 1.97. The maximum absolute atomic E-state index is 10.8. The summed E-state index contributed by atoms with van der Waals surface area (Å²) in [5.41, 5.74) is 1.64. The van der Waals surface area contributed by atoms with E-state index in [2.05, 4.69) is 10.1 Å². The molecule has 0 aliphatic rings. The number of benzene rings is 2. The lowest BCUT2D eigenvalue weighted by Crippen LogP contribution is -1.95. The van der Waals surface area contributed by atoms with E-state index >= 15 is 0 Å². The summed E-state index contributed by atoms with van der Waals surface area (Å²) >= 11 is 0. The Balaban J connectivity index is 1.71. The molecule has 2 aromatic carbocycles. The first-order valence-electron chi connectivity index (χ1n) is 6.89. The van der Waals surface area contributed by atoms with E-state index < -0.39 is 4.92 Å². The molecule has 0 saturated carbocycles. The molecule has 1 aromatic heterocycles. The van der Waals surface area contributed by atoms with Gasteiger partial charge in [-0.3, -0.25) is 10.1 Å². The molecule has 0 amide bonds. The summed E-state index contributed by atoms with van der Waals surface area (Å²) in [6.45, 7) is 2.12. The van der Waals surface area contributed by atoms with Gasteiger partial charge in [0.25, 0.3) is 11.6 Å². The van der Waals surface area contributed by atoms with Crippen LogP contribution in [0.5, 0.6) is 5.75 Å². The Bertz CT molecular complexity index is 827. The highest BCUT2D eigenvalue weighted by Gasteiger charge is 2.13. The molecule has 3 rings (SSSR count). The average molecular weight is 311 g/mol. The molecule has 23 heavy (non-hydrogen) atoms. The molecule has 0 saturated heterocycles. The molecule has 0 N–H and O–H groups in total. The van der Waals surface area contributed by atoms with Crippen molar-refractivity contribution in [3.63, 3.8) is 0 Å². The summed E-state index contributed by atoms with van der Waals surface area (Å²) in [5, 5.41) is 14.6. The first kappa shape index (κ1) is 14.7. The van der Waals surface area contributed by atoms with E-state index in [9.17, 15) is 10.1 Å². The topological polar surface area (TPSA) is 91.3 Å². The highest BCUT2D eigenvalue weighted by Crippen LogP contribution is 2.21. The van der Waals surface area contributed by atoms with E-state index in [0.29, 0.717) is 17.2 Å². The Hall–Kier alpha value is -3.22. The van der Waals surface area contributed by atoms with Crippen LogP contribution in [0.25, 0.3) is 11.4 Å². The SMILES string of the molecule is Cc1ccc(OCc2nc(-c3cccc([N+](=O)[O-])c3)no2)cc1. The van der Waals surface area contributed by atoms with E-state index in [1.54, 1.807) is 12.1 Å². The molecule has 7 heteroatoms. The van der Waals surface area contributed by atoms with Gasteiger partial charge in [-0.05, 0) is 19.1 Å². The van der Waals surface area contributed by atoms with Crippen LogP contribution in [0.4, 0.5) is 5.69 Å². The van der Waals surface area contributed by atoms with Crippen molar-refractivity contribution >= 4 is 5.69 Å². The summed E-state index contributed by atoms with van der Waals surface area (Å²) in [4.78, 5) is 14.5. The van der Waals surface area contributed by atoms with Gasteiger partial charge in [0, 0.05) is 17.7 Å². The van der Waals surface area contributed by atoms with Crippen LogP contribution >= 0.6 is 0 Å². The van der Waals surface area contributed by atoms with Gasteiger partial charge in [-0.2, -0.15) is 4.98 Å². The van der Waals surface area contributed by atoms with E-state index in [0.717, 1.165) is 5.56 Å². The molecule has 1 heterocycles. The van der Waals surface area contributed by atoms with Gasteiger partial charge in [-0.15, -0.1) is 0 Å². The quantitative estimate of drug-likeness (QED) is 0.528. The van der Waals surface area contributed by atoms with Crippen LogP contribution in [0.2, 0.25) is 0 Å². The lowest BCUT2D eigenvalue weighted by molar-refractivity contribution is -0.384. The Labute approximate surface area is 131 Å². The van der Waals surface area contributed by atoms with Gasteiger partial charge in [-0.25, -0.2) is 0 Å². The second-order valence-electron chi connectivity index (χ2n) is 4.92. The highest BCUT2D eigenvalue weighted by molar-refractivity contribution is 5.58. The van der Waals surface area contributed by atoms with E-state index in [1.807, 2.05) is 31.2 Å². The Kier molecular flexibility index (Phi) is 4.01. The Morgan fingerprint density at radius 1 is 1.22 bits per heavy atom. The van der Waals surface area contributed by atoms with E-state index in [4.69, 9.17) is 9.26 Å². The van der Waals surface area contributed by atoms with Crippen LogP contribution in [0.1, 0.15) is 11.5 Å². The van der Waals surface area contributed by atoms with Gasteiger partial charge in [0.1, 0.15) is 5.75 Å². The van der Waals surface area contributed by atoms with Crippen molar-refractivity contribution in [2.45, 2.75) is 13.5 Å². The molecule has 0 fully saturated rings. The minimum absolute atomic E-state index is 0.0234. The lowest BCUT2D eigenvalue weighted by atomic mass is 10.2. The number of hydrogen-bond donors (Lipinski definition) is 0. The van der Waals surface area contributed by atoms with Gasteiger partial charge in [0.05, 0.1) is 4.92 Å². The summed E-state index contributed by atoms with van der Waals surface area (Å²) in [7, 11) is 0. The molecule has 0 aliphatic heterocycles. The van der Waals surface area contributed by atoms with Crippen LogP contribution in [0, 0.1) is 17.0 Å². The number of rotatable bonds is 5. The fraction of sp³-hybridized carbons (Fsp3) is 0.125. The van der Waals surface area contributed by atoms with Crippen molar-refractivity contribution in [3.8, 4) is 17.1 Å². The summed E-state index contributed by atoms with van der Waals surface area (Å²) in [6, 6.07) is 13.7. The number of aryl methyl sites for hydroxylation is 1. The lowest BCUT2D eigenvalue weighted by Gasteiger charge is -2.02. The minimum Gasteiger partial charge on any atom is -0.484 e. The van der Waals surface area contributed by atoms with Gasteiger partial charge < -0.3 is 9.26 Å². The summed E-state index contributed by atoms with van der Waals surface area (Å²) in [6.07, 6.45) is 0. The second-order valence-corrected chi connectivity index (χ2v) is 4.92. The van der Waals surface area contributed by atoms with Crippen LogP contribution in [0.3, 0.4) is 0 Å². The number of hydrogen-bond acceptors (Lipinski definition) is 6. The number of non-ortho nitro benzene ring substituents is 1. The number of nitro groups is 1. The minimum atomic E-state index is -0.467. The normalized spacial score (nSPS) is 10.5. The van der Waals surface area contributed by atoms with Crippen LogP contribution < -0.4 is 4.74 Å². The molecule has 7 nitrogen and oxygen atoms in total. The molecular formula is C16H13N3O4. The number of nitrogens with zero attached hydrogens (tertiary/aromatic N) is 3. The molecule has 0 aliphatic carbocycles. The molecule has 0 bridgehead atoms. The molecule has 0 spiro atoms. The molecule has 0 radical (unpaired) electrons. The van der Waals surface area contributed by atoms with Crippen LogP contribution in [-0.4, -0.2) is 15.1 Å². The first-order valence-corrected chi connectivity index (χ1v) is 6.89. The van der Waals surface area contributed by atoms with Crippen molar-refractivity contribution in [2.75, 3.05) is 0 Å². The first-order chi connectivity index (χ1) is 11.1. The largest absolute Gasteiger partial charge is 0.484 e. The van der Waals surface area contributed by atoms with Gasteiger partial charge in [-0.1, -0.05) is 35.0 Å². The van der Waals surface area contributed by atoms with Crippen LogP contribution in [0.15, 0.2) is 53.1 Å². The van der Waals surface area contributed by atoms with Gasteiger partial charge >= 0.3 is 0 Å². The predicted octanol–water partition coefficient (Wildman–Crippen LogP) is 3.53. The molecule has 0 unspecified atom stereocenters. The third-order valence-electron chi connectivity index (χ3n) is 3.17. The molecule has 116 valence electrons. The predicted molar refractivity (Wildman–Crippen MR) is 81.9 cm³/mol. The van der Waals surface area contributed by atoms with E-state index in [1.165, 1.54) is 12.1 Å². The van der Waals surface area contributed by atoms with Crippen molar-refractivity contribution in [2.24, 2.45) is 0 Å². The van der Waals surface area contributed by atoms with Gasteiger partial charge in [0.2, 0.25) is 5.82 Å². The smallest absolute Gasteiger partial charge is 0.270 e. The molecule has 3 aromatic rings. The maximum atomic E-state index is 10.8. The third-order valence-corrected chi connectivity index (χ3v) is 3.17. The number of nitro benzene ring substituents is 1. The summed E-state index contributed by atoms with van der Waals surface area (Å²) < 4.78 is 10.7. The van der Waals surface area contributed by atoms with E-state index in [-0.39, 0.29) is 18.1 Å². The second kappa shape index (κ2) is 6.27.